The smallest absolute Gasteiger partial charge is 0.172 e. The van der Waals surface area contributed by atoms with Crippen LogP contribution in [-0.4, -0.2) is 30.3 Å². The average Bonchev–Trinajstić information content (AvgIpc) is 2.89. The highest BCUT2D eigenvalue weighted by molar-refractivity contribution is 6.01. The summed E-state index contributed by atoms with van der Waals surface area (Å²) < 4.78 is 5.53. The molecule has 0 radical (unpaired) electrons. The van der Waals surface area contributed by atoms with Gasteiger partial charge in [0.05, 0.1) is 6.10 Å². The Kier molecular flexibility index (Phi) is 3.82. The van der Waals surface area contributed by atoms with Crippen LogP contribution in [0.15, 0.2) is 29.4 Å². The second kappa shape index (κ2) is 5.54. The van der Waals surface area contributed by atoms with Crippen LogP contribution in [-0.2, 0) is 4.74 Å². The number of anilines is 1. The molecule has 92 valence electrons. The molecule has 1 heterocycles. The normalized spacial score (nSPS) is 20.5. The average molecular weight is 235 g/mol. The van der Waals surface area contributed by atoms with E-state index in [0.717, 1.165) is 31.7 Å². The molecule has 0 aliphatic carbocycles. The zero-order valence-corrected chi connectivity index (χ0v) is 9.60. The van der Waals surface area contributed by atoms with E-state index < -0.39 is 0 Å². The fourth-order valence-corrected chi connectivity index (χ4v) is 1.94. The van der Waals surface area contributed by atoms with Crippen LogP contribution < -0.4 is 11.1 Å². The van der Waals surface area contributed by atoms with Crippen LogP contribution in [0.5, 0.6) is 0 Å². The van der Waals surface area contributed by atoms with E-state index in [1.54, 1.807) is 0 Å². The van der Waals surface area contributed by atoms with Gasteiger partial charge in [-0.1, -0.05) is 17.3 Å². The Hall–Kier alpha value is -1.75. The summed E-state index contributed by atoms with van der Waals surface area (Å²) in [6.07, 6.45) is 2.46. The number of nitrogens with zero attached hydrogens (tertiary/aromatic N) is 1. The number of ether oxygens (including phenoxy) is 1. The summed E-state index contributed by atoms with van der Waals surface area (Å²) in [7, 11) is 0. The molecule has 0 aromatic heterocycles. The molecule has 1 aliphatic heterocycles. The lowest BCUT2D eigenvalue weighted by atomic mass is 10.1. The van der Waals surface area contributed by atoms with E-state index in [4.69, 9.17) is 15.7 Å². The van der Waals surface area contributed by atoms with Crippen molar-refractivity contribution in [1.82, 2.24) is 0 Å². The third-order valence-electron chi connectivity index (χ3n) is 2.85. The minimum atomic E-state index is 0.112. The van der Waals surface area contributed by atoms with Gasteiger partial charge in [-0.25, -0.2) is 0 Å². The van der Waals surface area contributed by atoms with Gasteiger partial charge >= 0.3 is 0 Å². The third kappa shape index (κ3) is 2.88. The van der Waals surface area contributed by atoms with Crippen molar-refractivity contribution in [1.29, 1.82) is 0 Å². The monoisotopic (exact) mass is 235 g/mol. The Labute approximate surface area is 100 Å². The van der Waals surface area contributed by atoms with Crippen LogP contribution in [0.25, 0.3) is 0 Å². The molecule has 1 aromatic rings. The number of rotatable bonds is 4. The molecule has 2 rings (SSSR count). The van der Waals surface area contributed by atoms with Gasteiger partial charge in [0.2, 0.25) is 0 Å². The second-order valence-electron chi connectivity index (χ2n) is 4.05. The van der Waals surface area contributed by atoms with E-state index >= 15 is 0 Å². The van der Waals surface area contributed by atoms with Gasteiger partial charge in [-0.05, 0) is 25.0 Å². The maximum atomic E-state index is 8.70. The summed E-state index contributed by atoms with van der Waals surface area (Å²) in [6.45, 7) is 1.59. The number of amidine groups is 1. The van der Waals surface area contributed by atoms with E-state index in [1.165, 1.54) is 0 Å². The van der Waals surface area contributed by atoms with Crippen molar-refractivity contribution >= 4 is 11.5 Å². The van der Waals surface area contributed by atoms with E-state index in [9.17, 15) is 0 Å². The minimum Gasteiger partial charge on any atom is -0.409 e. The first-order chi connectivity index (χ1) is 8.31. The maximum absolute atomic E-state index is 8.70. The summed E-state index contributed by atoms with van der Waals surface area (Å²) in [5, 5.41) is 15.0. The molecule has 0 spiro atoms. The zero-order chi connectivity index (χ0) is 12.1. The summed E-state index contributed by atoms with van der Waals surface area (Å²) >= 11 is 0. The Morgan fingerprint density at radius 1 is 1.53 bits per heavy atom. The number of nitrogens with two attached hydrogens (primary N) is 1. The summed E-state index contributed by atoms with van der Waals surface area (Å²) in [5.41, 5.74) is 7.17. The van der Waals surface area contributed by atoms with Crippen LogP contribution in [0, 0.1) is 0 Å². The first-order valence-corrected chi connectivity index (χ1v) is 5.73. The van der Waals surface area contributed by atoms with Crippen LogP contribution in [0.4, 0.5) is 5.69 Å². The summed E-state index contributed by atoms with van der Waals surface area (Å²) in [6, 6.07) is 7.48. The van der Waals surface area contributed by atoms with Crippen LogP contribution in [0.3, 0.4) is 0 Å². The molecule has 1 aliphatic rings. The minimum absolute atomic E-state index is 0.112. The number of benzene rings is 1. The van der Waals surface area contributed by atoms with E-state index in [-0.39, 0.29) is 11.9 Å². The molecule has 1 aromatic carbocycles. The molecule has 1 unspecified atom stereocenters. The largest absolute Gasteiger partial charge is 0.409 e. The zero-order valence-electron chi connectivity index (χ0n) is 9.60. The molecular formula is C12H17N3O2. The molecule has 17 heavy (non-hydrogen) atoms. The number of hydrogen-bond acceptors (Lipinski definition) is 4. The Morgan fingerprint density at radius 3 is 3.06 bits per heavy atom. The van der Waals surface area contributed by atoms with Crippen LogP contribution in [0.2, 0.25) is 0 Å². The SMILES string of the molecule is NC(=NO)c1ccccc1NCC1CCCO1. The summed E-state index contributed by atoms with van der Waals surface area (Å²) in [5.74, 6) is 0.112. The van der Waals surface area contributed by atoms with Crippen molar-refractivity contribution in [3.8, 4) is 0 Å². The van der Waals surface area contributed by atoms with Crippen molar-refractivity contribution in [3.05, 3.63) is 29.8 Å². The molecule has 1 atom stereocenters. The molecule has 0 amide bonds. The predicted molar refractivity (Wildman–Crippen MR) is 66.4 cm³/mol. The van der Waals surface area contributed by atoms with Gasteiger partial charge in [0, 0.05) is 24.4 Å². The lowest BCUT2D eigenvalue weighted by molar-refractivity contribution is 0.120. The molecule has 0 bridgehead atoms. The van der Waals surface area contributed by atoms with Crippen molar-refractivity contribution in [2.24, 2.45) is 10.9 Å². The van der Waals surface area contributed by atoms with Crippen molar-refractivity contribution in [3.63, 3.8) is 0 Å². The van der Waals surface area contributed by atoms with Gasteiger partial charge in [-0.2, -0.15) is 0 Å². The highest BCUT2D eigenvalue weighted by Gasteiger charge is 2.15. The Morgan fingerprint density at radius 2 is 2.35 bits per heavy atom. The van der Waals surface area contributed by atoms with Gasteiger partial charge in [0.1, 0.15) is 0 Å². The lowest BCUT2D eigenvalue weighted by Crippen LogP contribution is -2.21. The first-order valence-electron chi connectivity index (χ1n) is 5.73. The number of nitrogens with one attached hydrogen (secondary N) is 1. The Balaban J connectivity index is 2.04. The maximum Gasteiger partial charge on any atom is 0.172 e. The van der Waals surface area contributed by atoms with Gasteiger partial charge in [0.15, 0.2) is 5.84 Å². The summed E-state index contributed by atoms with van der Waals surface area (Å²) in [4.78, 5) is 0. The quantitative estimate of drug-likeness (QED) is 0.319. The van der Waals surface area contributed by atoms with Gasteiger partial charge in [0.25, 0.3) is 0 Å². The standard InChI is InChI=1S/C12H17N3O2/c13-12(15-16)10-5-1-2-6-11(10)14-8-9-4-3-7-17-9/h1-2,5-6,9,14,16H,3-4,7-8H2,(H2,13,15). The van der Waals surface area contributed by atoms with E-state index in [1.807, 2.05) is 24.3 Å². The molecule has 5 nitrogen and oxygen atoms in total. The molecular weight excluding hydrogens is 218 g/mol. The number of para-hydroxylation sites is 1. The second-order valence-corrected chi connectivity index (χ2v) is 4.05. The fourth-order valence-electron chi connectivity index (χ4n) is 1.94. The van der Waals surface area contributed by atoms with Crippen LogP contribution in [0.1, 0.15) is 18.4 Å². The van der Waals surface area contributed by atoms with Gasteiger partial charge in [-0.3, -0.25) is 0 Å². The number of oxime groups is 1. The van der Waals surface area contributed by atoms with E-state index in [2.05, 4.69) is 10.5 Å². The highest BCUT2D eigenvalue weighted by Crippen LogP contribution is 2.17. The molecule has 1 saturated heterocycles. The number of hydrogen-bond donors (Lipinski definition) is 3. The third-order valence-corrected chi connectivity index (χ3v) is 2.85. The molecule has 1 fully saturated rings. The molecule has 0 saturated carbocycles. The highest BCUT2D eigenvalue weighted by atomic mass is 16.5. The van der Waals surface area contributed by atoms with Crippen molar-refractivity contribution in [2.45, 2.75) is 18.9 Å². The van der Waals surface area contributed by atoms with Crippen LogP contribution >= 0.6 is 0 Å². The topological polar surface area (TPSA) is 79.9 Å². The predicted octanol–water partition coefficient (Wildman–Crippen LogP) is 1.37. The van der Waals surface area contributed by atoms with E-state index in [0.29, 0.717) is 5.56 Å². The Bertz CT molecular complexity index is 400. The van der Waals surface area contributed by atoms with Gasteiger partial charge in [-0.15, -0.1) is 0 Å². The van der Waals surface area contributed by atoms with Crippen molar-refractivity contribution < 1.29 is 9.94 Å². The first kappa shape index (κ1) is 11.7. The molecule has 5 heteroatoms. The lowest BCUT2D eigenvalue weighted by Gasteiger charge is -2.14. The van der Waals surface area contributed by atoms with Gasteiger partial charge < -0.3 is 21.0 Å². The fraction of sp³-hybridized carbons (Fsp3) is 0.417. The molecule has 4 N–H and O–H groups in total. The van der Waals surface area contributed by atoms with Crippen molar-refractivity contribution in [2.75, 3.05) is 18.5 Å².